The van der Waals surface area contributed by atoms with E-state index in [1.807, 2.05) is 4.90 Å². The summed E-state index contributed by atoms with van der Waals surface area (Å²) in [6.45, 7) is 4.62. The van der Waals surface area contributed by atoms with Gasteiger partial charge in [-0.2, -0.15) is 0 Å². The first-order chi connectivity index (χ1) is 6.69. The summed E-state index contributed by atoms with van der Waals surface area (Å²) in [7, 11) is 0. The quantitative estimate of drug-likeness (QED) is 0.702. The average molecular weight is 199 g/mol. The standard InChI is InChI=1S/C11H21NO2/c1-3-4-11(8-13)12(9(2)14)7-10-5-6-10/h10-11,13H,3-8H2,1-2H3/t11-/m0/s1. The highest BCUT2D eigenvalue weighted by Crippen LogP contribution is 2.30. The molecule has 1 N–H and O–H groups in total. The lowest BCUT2D eigenvalue weighted by Gasteiger charge is -2.29. The molecule has 14 heavy (non-hydrogen) atoms. The number of hydrogen-bond donors (Lipinski definition) is 1. The molecule has 3 nitrogen and oxygen atoms in total. The summed E-state index contributed by atoms with van der Waals surface area (Å²) >= 11 is 0. The number of carbonyl (C=O) groups is 1. The molecule has 0 aliphatic heterocycles. The van der Waals surface area contributed by atoms with Crippen molar-refractivity contribution in [3.63, 3.8) is 0 Å². The van der Waals surface area contributed by atoms with Gasteiger partial charge in [-0.25, -0.2) is 0 Å². The van der Waals surface area contributed by atoms with Crippen molar-refractivity contribution in [1.29, 1.82) is 0 Å². The third-order valence-corrected chi connectivity index (χ3v) is 2.83. The van der Waals surface area contributed by atoms with Crippen LogP contribution in [0, 0.1) is 5.92 Å². The molecular formula is C11H21NO2. The van der Waals surface area contributed by atoms with Crippen LogP contribution in [0.25, 0.3) is 0 Å². The lowest BCUT2D eigenvalue weighted by atomic mass is 10.1. The van der Waals surface area contributed by atoms with E-state index >= 15 is 0 Å². The van der Waals surface area contributed by atoms with Gasteiger partial charge < -0.3 is 10.0 Å². The van der Waals surface area contributed by atoms with E-state index in [9.17, 15) is 9.90 Å². The fraction of sp³-hybridized carbons (Fsp3) is 0.909. The van der Waals surface area contributed by atoms with E-state index in [4.69, 9.17) is 0 Å². The van der Waals surface area contributed by atoms with Crippen LogP contribution in [-0.2, 0) is 4.79 Å². The Kier molecular flexibility index (Phi) is 4.39. The average Bonchev–Trinajstić information content (AvgIpc) is 2.94. The fourth-order valence-electron chi connectivity index (χ4n) is 1.79. The SMILES string of the molecule is CCC[C@@H](CO)N(CC1CC1)C(C)=O. The second-order valence-corrected chi connectivity index (χ2v) is 4.24. The van der Waals surface area contributed by atoms with Crippen LogP contribution in [-0.4, -0.2) is 35.1 Å². The molecular weight excluding hydrogens is 178 g/mol. The number of amides is 1. The lowest BCUT2D eigenvalue weighted by Crippen LogP contribution is -2.42. The van der Waals surface area contributed by atoms with E-state index in [0.717, 1.165) is 19.4 Å². The first-order valence-corrected chi connectivity index (χ1v) is 5.57. The normalized spacial score (nSPS) is 17.9. The minimum Gasteiger partial charge on any atom is -0.394 e. The Bertz CT molecular complexity index is 190. The highest BCUT2D eigenvalue weighted by molar-refractivity contribution is 5.73. The summed E-state index contributed by atoms with van der Waals surface area (Å²) in [5, 5.41) is 9.22. The molecule has 3 heteroatoms. The number of nitrogens with zero attached hydrogens (tertiary/aromatic N) is 1. The molecule has 0 aromatic carbocycles. The Morgan fingerprint density at radius 2 is 2.21 bits per heavy atom. The van der Waals surface area contributed by atoms with Crippen molar-refractivity contribution in [3.8, 4) is 0 Å². The molecule has 1 fully saturated rings. The minimum absolute atomic E-state index is 0.0399. The zero-order chi connectivity index (χ0) is 10.6. The Balaban J connectivity index is 2.48. The number of carbonyl (C=O) groups excluding carboxylic acids is 1. The number of hydrogen-bond acceptors (Lipinski definition) is 2. The van der Waals surface area contributed by atoms with Gasteiger partial charge in [-0.15, -0.1) is 0 Å². The van der Waals surface area contributed by atoms with Crippen molar-refractivity contribution >= 4 is 5.91 Å². The van der Waals surface area contributed by atoms with Gasteiger partial charge in [-0.05, 0) is 25.2 Å². The van der Waals surface area contributed by atoms with Crippen molar-refractivity contribution in [2.75, 3.05) is 13.2 Å². The molecule has 0 aromatic rings. The second-order valence-electron chi connectivity index (χ2n) is 4.24. The van der Waals surface area contributed by atoms with Crippen molar-refractivity contribution in [2.24, 2.45) is 5.92 Å². The molecule has 0 saturated heterocycles. The molecule has 1 aliphatic rings. The molecule has 1 saturated carbocycles. The van der Waals surface area contributed by atoms with Gasteiger partial charge in [0.25, 0.3) is 0 Å². The van der Waals surface area contributed by atoms with Gasteiger partial charge in [-0.3, -0.25) is 4.79 Å². The monoisotopic (exact) mass is 199 g/mol. The zero-order valence-electron chi connectivity index (χ0n) is 9.20. The number of rotatable bonds is 6. The third-order valence-electron chi connectivity index (χ3n) is 2.83. The lowest BCUT2D eigenvalue weighted by molar-refractivity contribution is -0.132. The zero-order valence-corrected chi connectivity index (χ0v) is 9.20. The second kappa shape index (κ2) is 5.35. The Labute approximate surface area is 86.1 Å². The molecule has 0 spiro atoms. The molecule has 1 aliphatic carbocycles. The van der Waals surface area contributed by atoms with Crippen LogP contribution in [0.5, 0.6) is 0 Å². The third kappa shape index (κ3) is 3.29. The van der Waals surface area contributed by atoms with E-state index < -0.39 is 0 Å². The summed E-state index contributed by atoms with van der Waals surface area (Å²) in [5.74, 6) is 0.800. The van der Waals surface area contributed by atoms with Crippen molar-refractivity contribution in [2.45, 2.75) is 45.6 Å². The predicted octanol–water partition coefficient (Wildman–Crippen LogP) is 1.41. The van der Waals surface area contributed by atoms with Gasteiger partial charge in [0.05, 0.1) is 12.6 Å². The summed E-state index contributed by atoms with van der Waals surface area (Å²) in [6.07, 6.45) is 4.41. The van der Waals surface area contributed by atoms with Crippen LogP contribution in [0.1, 0.15) is 39.5 Å². The van der Waals surface area contributed by atoms with Gasteiger partial charge in [0.2, 0.25) is 5.91 Å². The Morgan fingerprint density at radius 3 is 2.57 bits per heavy atom. The molecule has 0 aromatic heterocycles. The van der Waals surface area contributed by atoms with Crippen LogP contribution in [0.3, 0.4) is 0 Å². The highest BCUT2D eigenvalue weighted by Gasteiger charge is 2.28. The van der Waals surface area contributed by atoms with Crippen molar-refractivity contribution in [3.05, 3.63) is 0 Å². The highest BCUT2D eigenvalue weighted by atomic mass is 16.3. The molecule has 1 amide bonds. The summed E-state index contributed by atoms with van der Waals surface area (Å²) in [6, 6.07) is 0.0399. The smallest absolute Gasteiger partial charge is 0.219 e. The molecule has 0 bridgehead atoms. The maximum absolute atomic E-state index is 11.4. The molecule has 0 heterocycles. The largest absolute Gasteiger partial charge is 0.394 e. The first kappa shape index (κ1) is 11.5. The van der Waals surface area contributed by atoms with Crippen molar-refractivity contribution < 1.29 is 9.90 Å². The van der Waals surface area contributed by atoms with Crippen LogP contribution in [0.4, 0.5) is 0 Å². The van der Waals surface area contributed by atoms with E-state index in [1.54, 1.807) is 6.92 Å². The van der Waals surface area contributed by atoms with Gasteiger partial charge in [0.15, 0.2) is 0 Å². The summed E-state index contributed by atoms with van der Waals surface area (Å²) in [5.41, 5.74) is 0. The van der Waals surface area contributed by atoms with Crippen LogP contribution in [0.15, 0.2) is 0 Å². The number of aliphatic hydroxyl groups excluding tert-OH is 1. The Morgan fingerprint density at radius 1 is 1.57 bits per heavy atom. The minimum atomic E-state index is 0.0399. The maximum Gasteiger partial charge on any atom is 0.219 e. The summed E-state index contributed by atoms with van der Waals surface area (Å²) < 4.78 is 0. The van der Waals surface area contributed by atoms with E-state index in [2.05, 4.69) is 6.92 Å². The van der Waals surface area contributed by atoms with Crippen LogP contribution >= 0.6 is 0 Å². The topological polar surface area (TPSA) is 40.5 Å². The fourth-order valence-corrected chi connectivity index (χ4v) is 1.79. The van der Waals surface area contributed by atoms with Gasteiger partial charge in [-0.1, -0.05) is 13.3 Å². The van der Waals surface area contributed by atoms with E-state index in [-0.39, 0.29) is 18.6 Å². The predicted molar refractivity (Wildman–Crippen MR) is 55.9 cm³/mol. The van der Waals surface area contributed by atoms with E-state index in [1.165, 1.54) is 12.8 Å². The Hall–Kier alpha value is -0.570. The van der Waals surface area contributed by atoms with Crippen LogP contribution in [0.2, 0.25) is 0 Å². The molecule has 0 radical (unpaired) electrons. The first-order valence-electron chi connectivity index (χ1n) is 5.57. The van der Waals surface area contributed by atoms with Gasteiger partial charge in [0.1, 0.15) is 0 Å². The molecule has 1 rings (SSSR count). The maximum atomic E-state index is 11.4. The molecule has 0 unspecified atom stereocenters. The number of aliphatic hydroxyl groups is 1. The van der Waals surface area contributed by atoms with Crippen molar-refractivity contribution in [1.82, 2.24) is 4.90 Å². The molecule has 82 valence electrons. The van der Waals surface area contributed by atoms with Crippen LogP contribution < -0.4 is 0 Å². The van der Waals surface area contributed by atoms with E-state index in [0.29, 0.717) is 5.92 Å². The van der Waals surface area contributed by atoms with Gasteiger partial charge in [0, 0.05) is 13.5 Å². The van der Waals surface area contributed by atoms with Gasteiger partial charge >= 0.3 is 0 Å². The summed E-state index contributed by atoms with van der Waals surface area (Å²) in [4.78, 5) is 13.2. The molecule has 1 atom stereocenters.